The molecule has 0 bridgehead atoms. The Hall–Kier alpha value is -1.18. The molecule has 2 heteroatoms. The molecule has 0 aliphatic heterocycles. The van der Waals surface area contributed by atoms with E-state index in [-0.39, 0.29) is 5.75 Å². The zero-order valence-electron chi connectivity index (χ0n) is 16.7. The number of phenolic OH excluding ortho intramolecular Hbond substituents is 1. The van der Waals surface area contributed by atoms with Gasteiger partial charge in [-0.15, -0.1) is 0 Å². The lowest BCUT2D eigenvalue weighted by Gasteiger charge is -2.10. The van der Waals surface area contributed by atoms with Gasteiger partial charge in [0, 0.05) is 0 Å². The highest BCUT2D eigenvalue weighted by molar-refractivity contribution is 5.41. The summed E-state index contributed by atoms with van der Waals surface area (Å²) in [4.78, 5) is 0. The van der Waals surface area contributed by atoms with E-state index >= 15 is 0 Å². The van der Waals surface area contributed by atoms with E-state index in [1.54, 1.807) is 6.07 Å². The van der Waals surface area contributed by atoms with Crippen LogP contribution in [0.3, 0.4) is 0 Å². The van der Waals surface area contributed by atoms with Crippen molar-refractivity contribution in [1.29, 1.82) is 0 Å². The van der Waals surface area contributed by atoms with Gasteiger partial charge in [0.2, 0.25) is 0 Å². The van der Waals surface area contributed by atoms with Crippen molar-refractivity contribution in [1.82, 2.24) is 0 Å². The Morgan fingerprint density at radius 2 is 1.28 bits per heavy atom. The maximum absolute atomic E-state index is 9.97. The van der Waals surface area contributed by atoms with Gasteiger partial charge in [-0.05, 0) is 37.0 Å². The van der Waals surface area contributed by atoms with Crippen LogP contribution in [0.25, 0.3) is 0 Å². The van der Waals surface area contributed by atoms with Crippen molar-refractivity contribution >= 4 is 0 Å². The number of unbranched alkanes of at least 4 members (excludes halogenated alkanes) is 11. The Kier molecular flexibility index (Phi) is 13.2. The van der Waals surface area contributed by atoms with Gasteiger partial charge in [-0.1, -0.05) is 90.5 Å². The summed E-state index contributed by atoms with van der Waals surface area (Å²) >= 11 is 0. The standard InChI is InChI=1S/C23H40O2/c1-3-5-7-9-10-11-13-15-19-25-23-20-21(17-18-22(23)24)16-14-12-8-6-4-2/h17-18,20,24H,3-16,19H2,1-2H3. The summed E-state index contributed by atoms with van der Waals surface area (Å²) in [6.45, 7) is 5.22. The normalized spacial score (nSPS) is 11.0. The molecule has 0 aliphatic carbocycles. The summed E-state index contributed by atoms with van der Waals surface area (Å²) in [5.74, 6) is 0.934. The number of benzene rings is 1. The summed E-state index contributed by atoms with van der Waals surface area (Å²) in [5, 5.41) is 9.97. The summed E-state index contributed by atoms with van der Waals surface area (Å²) < 4.78 is 5.82. The fourth-order valence-corrected chi connectivity index (χ4v) is 3.18. The van der Waals surface area contributed by atoms with Gasteiger partial charge in [-0.2, -0.15) is 0 Å². The van der Waals surface area contributed by atoms with Crippen molar-refractivity contribution in [3.05, 3.63) is 23.8 Å². The first-order chi connectivity index (χ1) is 12.3. The molecule has 0 saturated carbocycles. The molecule has 0 aliphatic rings. The molecule has 1 aromatic rings. The molecule has 0 aromatic heterocycles. The molecular weight excluding hydrogens is 308 g/mol. The highest BCUT2D eigenvalue weighted by Gasteiger charge is 2.04. The zero-order chi connectivity index (χ0) is 18.2. The molecule has 0 saturated heterocycles. The SMILES string of the molecule is CCCCCCCCCCOc1cc(CCCCCCC)ccc1O. The Balaban J connectivity index is 2.16. The van der Waals surface area contributed by atoms with Gasteiger partial charge in [-0.3, -0.25) is 0 Å². The number of rotatable bonds is 16. The van der Waals surface area contributed by atoms with Crippen LogP contribution in [0.4, 0.5) is 0 Å². The van der Waals surface area contributed by atoms with Crippen molar-refractivity contribution in [2.75, 3.05) is 6.61 Å². The molecule has 1 N–H and O–H groups in total. The lowest BCUT2D eigenvalue weighted by molar-refractivity contribution is 0.288. The first-order valence-electron chi connectivity index (χ1n) is 10.7. The third-order valence-electron chi connectivity index (χ3n) is 4.85. The average Bonchev–Trinajstić information content (AvgIpc) is 2.62. The predicted octanol–water partition coefficient (Wildman–Crippen LogP) is 7.42. The first kappa shape index (κ1) is 21.9. The van der Waals surface area contributed by atoms with Gasteiger partial charge < -0.3 is 9.84 Å². The molecule has 144 valence electrons. The molecule has 0 amide bonds. The van der Waals surface area contributed by atoms with Crippen LogP contribution in [-0.4, -0.2) is 11.7 Å². The topological polar surface area (TPSA) is 29.5 Å². The molecule has 0 fully saturated rings. The number of phenols is 1. The van der Waals surface area contributed by atoms with Crippen LogP contribution >= 0.6 is 0 Å². The van der Waals surface area contributed by atoms with Crippen LogP contribution in [0.1, 0.15) is 103 Å². The molecule has 0 unspecified atom stereocenters. The first-order valence-corrected chi connectivity index (χ1v) is 10.7. The van der Waals surface area contributed by atoms with E-state index in [1.807, 2.05) is 12.1 Å². The third-order valence-corrected chi connectivity index (χ3v) is 4.85. The van der Waals surface area contributed by atoms with Crippen LogP contribution in [0, 0.1) is 0 Å². The fourth-order valence-electron chi connectivity index (χ4n) is 3.18. The van der Waals surface area contributed by atoms with Crippen molar-refractivity contribution in [2.45, 2.75) is 104 Å². The second-order valence-electron chi connectivity index (χ2n) is 7.29. The Morgan fingerprint density at radius 3 is 1.92 bits per heavy atom. The summed E-state index contributed by atoms with van der Waals surface area (Å²) in [6, 6.07) is 5.84. The minimum absolute atomic E-state index is 0.272. The molecular formula is C23H40O2. The quantitative estimate of drug-likeness (QED) is 0.315. The number of hydrogen-bond donors (Lipinski definition) is 1. The molecule has 0 heterocycles. The highest BCUT2D eigenvalue weighted by atomic mass is 16.5. The number of aryl methyl sites for hydroxylation is 1. The minimum Gasteiger partial charge on any atom is -0.504 e. The maximum atomic E-state index is 9.97. The van der Waals surface area contributed by atoms with Gasteiger partial charge in [0.25, 0.3) is 0 Å². The average molecular weight is 349 g/mol. The fraction of sp³-hybridized carbons (Fsp3) is 0.739. The number of aromatic hydroxyl groups is 1. The van der Waals surface area contributed by atoms with Crippen molar-refractivity contribution in [2.24, 2.45) is 0 Å². The molecule has 1 aromatic carbocycles. The predicted molar refractivity (Wildman–Crippen MR) is 109 cm³/mol. The third kappa shape index (κ3) is 11.1. The van der Waals surface area contributed by atoms with Gasteiger partial charge in [0.05, 0.1) is 6.61 Å². The van der Waals surface area contributed by atoms with Crippen molar-refractivity contribution in [3.63, 3.8) is 0 Å². The van der Waals surface area contributed by atoms with Crippen molar-refractivity contribution < 1.29 is 9.84 Å². The van der Waals surface area contributed by atoms with Crippen LogP contribution in [-0.2, 0) is 6.42 Å². The van der Waals surface area contributed by atoms with Gasteiger partial charge in [0.15, 0.2) is 11.5 Å². The second-order valence-corrected chi connectivity index (χ2v) is 7.29. The van der Waals surface area contributed by atoms with E-state index < -0.39 is 0 Å². The molecule has 0 radical (unpaired) electrons. The highest BCUT2D eigenvalue weighted by Crippen LogP contribution is 2.28. The number of ether oxygens (including phenoxy) is 1. The second kappa shape index (κ2) is 15.1. The molecule has 0 atom stereocenters. The largest absolute Gasteiger partial charge is 0.504 e. The van der Waals surface area contributed by atoms with Crippen LogP contribution in [0.2, 0.25) is 0 Å². The van der Waals surface area contributed by atoms with Gasteiger partial charge in [0.1, 0.15) is 0 Å². The van der Waals surface area contributed by atoms with E-state index in [0.29, 0.717) is 12.4 Å². The van der Waals surface area contributed by atoms with E-state index in [1.165, 1.54) is 82.6 Å². The summed E-state index contributed by atoms with van der Waals surface area (Å²) in [6.07, 6.45) is 17.9. The monoisotopic (exact) mass is 348 g/mol. The lowest BCUT2D eigenvalue weighted by atomic mass is 10.1. The summed E-state index contributed by atoms with van der Waals surface area (Å²) in [7, 11) is 0. The van der Waals surface area contributed by atoms with Crippen LogP contribution in [0.5, 0.6) is 11.5 Å². The van der Waals surface area contributed by atoms with Crippen LogP contribution < -0.4 is 4.74 Å². The minimum atomic E-state index is 0.272. The Bertz CT molecular complexity index is 428. The van der Waals surface area contributed by atoms with Crippen LogP contribution in [0.15, 0.2) is 18.2 Å². The van der Waals surface area contributed by atoms with E-state index in [4.69, 9.17) is 4.74 Å². The summed E-state index contributed by atoms with van der Waals surface area (Å²) in [5.41, 5.74) is 1.28. The Labute approximate surface area is 156 Å². The lowest BCUT2D eigenvalue weighted by Crippen LogP contribution is -1.98. The van der Waals surface area contributed by atoms with Crippen molar-refractivity contribution in [3.8, 4) is 11.5 Å². The number of hydrogen-bond acceptors (Lipinski definition) is 2. The smallest absolute Gasteiger partial charge is 0.161 e. The van der Waals surface area contributed by atoms with Gasteiger partial charge >= 0.3 is 0 Å². The van der Waals surface area contributed by atoms with E-state index in [9.17, 15) is 5.11 Å². The Morgan fingerprint density at radius 1 is 0.720 bits per heavy atom. The molecule has 2 nitrogen and oxygen atoms in total. The molecule has 1 rings (SSSR count). The molecule has 0 spiro atoms. The van der Waals surface area contributed by atoms with E-state index in [2.05, 4.69) is 13.8 Å². The van der Waals surface area contributed by atoms with E-state index in [0.717, 1.165) is 12.8 Å². The zero-order valence-corrected chi connectivity index (χ0v) is 16.7. The molecule has 25 heavy (non-hydrogen) atoms. The maximum Gasteiger partial charge on any atom is 0.161 e. The van der Waals surface area contributed by atoms with Gasteiger partial charge in [-0.25, -0.2) is 0 Å².